The first-order valence-corrected chi connectivity index (χ1v) is 8.59. The molecule has 1 aromatic heterocycles. The lowest BCUT2D eigenvalue weighted by molar-refractivity contribution is -0.115. The van der Waals surface area contributed by atoms with Gasteiger partial charge in [-0.05, 0) is 36.5 Å². The number of aromatic nitrogens is 2. The summed E-state index contributed by atoms with van der Waals surface area (Å²) in [5, 5.41) is 3.49. The fraction of sp³-hybridized carbons (Fsp3) is 0.389. The number of rotatable bonds is 4. The van der Waals surface area contributed by atoms with Crippen LogP contribution >= 0.6 is 11.6 Å². The van der Waals surface area contributed by atoms with E-state index in [0.29, 0.717) is 17.1 Å². The zero-order valence-electron chi connectivity index (χ0n) is 13.7. The Morgan fingerprint density at radius 1 is 1.21 bits per heavy atom. The summed E-state index contributed by atoms with van der Waals surface area (Å²) in [6.45, 7) is 4.25. The van der Waals surface area contributed by atoms with E-state index in [-0.39, 0.29) is 5.91 Å². The molecule has 0 bridgehead atoms. The highest BCUT2D eigenvalue weighted by Crippen LogP contribution is 2.20. The second-order valence-corrected chi connectivity index (χ2v) is 6.73. The molecular weight excluding hydrogens is 324 g/mol. The van der Waals surface area contributed by atoms with E-state index in [9.17, 15) is 4.79 Å². The zero-order chi connectivity index (χ0) is 16.9. The number of piperidine rings is 1. The number of carbonyl (C=O) groups excluding carboxylic acids is 1. The van der Waals surface area contributed by atoms with Gasteiger partial charge in [-0.2, -0.15) is 0 Å². The van der Waals surface area contributed by atoms with Gasteiger partial charge in [0.15, 0.2) is 0 Å². The van der Waals surface area contributed by atoms with E-state index >= 15 is 0 Å². The second-order valence-electron chi connectivity index (χ2n) is 6.29. The maximum Gasteiger partial charge on any atom is 0.228 e. The molecule has 1 aromatic carbocycles. The molecule has 2 heterocycles. The van der Waals surface area contributed by atoms with Crippen molar-refractivity contribution >= 4 is 29.1 Å². The minimum Gasteiger partial charge on any atom is -0.341 e. The molecule has 126 valence electrons. The number of nitrogens with one attached hydrogen (secondary N) is 1. The molecule has 0 aliphatic carbocycles. The predicted molar refractivity (Wildman–Crippen MR) is 96.4 cm³/mol. The Morgan fingerprint density at radius 2 is 1.83 bits per heavy atom. The van der Waals surface area contributed by atoms with E-state index in [1.165, 1.54) is 12.8 Å². The average molecular weight is 345 g/mol. The zero-order valence-corrected chi connectivity index (χ0v) is 14.5. The fourth-order valence-electron chi connectivity index (χ4n) is 2.75. The lowest BCUT2D eigenvalue weighted by atomic mass is 10.00. The van der Waals surface area contributed by atoms with Crippen LogP contribution < -0.4 is 10.2 Å². The monoisotopic (exact) mass is 344 g/mol. The van der Waals surface area contributed by atoms with Crippen molar-refractivity contribution in [3.63, 3.8) is 0 Å². The summed E-state index contributed by atoms with van der Waals surface area (Å²) in [4.78, 5) is 23.0. The summed E-state index contributed by atoms with van der Waals surface area (Å²) < 4.78 is 0. The first-order valence-electron chi connectivity index (χ1n) is 8.21. The molecule has 3 rings (SSSR count). The molecule has 1 aliphatic heterocycles. The van der Waals surface area contributed by atoms with Gasteiger partial charge >= 0.3 is 0 Å². The van der Waals surface area contributed by atoms with Crippen LogP contribution in [0.15, 0.2) is 36.7 Å². The number of benzene rings is 1. The SMILES string of the molecule is CC1CCN(c2ncc(NC(=O)Cc3ccc(Cl)cc3)cn2)CC1. The number of nitrogens with zero attached hydrogens (tertiary/aromatic N) is 3. The van der Waals surface area contributed by atoms with E-state index in [1.807, 2.05) is 12.1 Å². The average Bonchev–Trinajstić information content (AvgIpc) is 2.58. The van der Waals surface area contributed by atoms with E-state index in [0.717, 1.165) is 30.5 Å². The largest absolute Gasteiger partial charge is 0.341 e. The lowest BCUT2D eigenvalue weighted by Crippen LogP contribution is -2.34. The topological polar surface area (TPSA) is 58.1 Å². The highest BCUT2D eigenvalue weighted by atomic mass is 35.5. The molecule has 1 fully saturated rings. The molecule has 6 heteroatoms. The molecule has 1 amide bonds. The first kappa shape index (κ1) is 16.7. The standard InChI is InChI=1S/C18H21ClN4O/c1-13-6-8-23(9-7-13)18-20-11-16(12-21-18)22-17(24)10-14-2-4-15(19)5-3-14/h2-5,11-13H,6-10H2,1H3,(H,22,24). The summed E-state index contributed by atoms with van der Waals surface area (Å²) in [5.41, 5.74) is 1.53. The molecule has 0 radical (unpaired) electrons. The van der Waals surface area contributed by atoms with Crippen molar-refractivity contribution in [1.82, 2.24) is 9.97 Å². The second kappa shape index (κ2) is 7.62. The third kappa shape index (κ3) is 4.45. The van der Waals surface area contributed by atoms with Crippen LogP contribution in [0.3, 0.4) is 0 Å². The number of hydrogen-bond acceptors (Lipinski definition) is 4. The molecule has 0 saturated carbocycles. The van der Waals surface area contributed by atoms with Crippen molar-refractivity contribution in [1.29, 1.82) is 0 Å². The Kier molecular flexibility index (Phi) is 5.30. The minimum atomic E-state index is -0.0968. The smallest absolute Gasteiger partial charge is 0.228 e. The third-order valence-corrected chi connectivity index (χ3v) is 4.52. The quantitative estimate of drug-likeness (QED) is 0.921. The van der Waals surface area contributed by atoms with Gasteiger partial charge in [0.25, 0.3) is 0 Å². The molecule has 1 aliphatic rings. The van der Waals surface area contributed by atoms with Crippen molar-refractivity contribution in [2.24, 2.45) is 5.92 Å². The maximum absolute atomic E-state index is 12.1. The fourth-order valence-corrected chi connectivity index (χ4v) is 2.88. The molecule has 24 heavy (non-hydrogen) atoms. The summed E-state index contributed by atoms with van der Waals surface area (Å²) in [6, 6.07) is 7.25. The Morgan fingerprint density at radius 3 is 2.46 bits per heavy atom. The minimum absolute atomic E-state index is 0.0968. The molecule has 0 unspecified atom stereocenters. The molecule has 1 saturated heterocycles. The molecule has 0 atom stereocenters. The Bertz CT molecular complexity index is 679. The van der Waals surface area contributed by atoms with Crippen molar-refractivity contribution in [3.8, 4) is 0 Å². The van der Waals surface area contributed by atoms with E-state index < -0.39 is 0 Å². The van der Waals surface area contributed by atoms with Crippen LogP contribution in [-0.2, 0) is 11.2 Å². The van der Waals surface area contributed by atoms with Gasteiger partial charge in [0, 0.05) is 18.1 Å². The summed E-state index contributed by atoms with van der Waals surface area (Å²) in [5.74, 6) is 1.41. The number of halogens is 1. The van der Waals surface area contributed by atoms with Crippen LogP contribution in [0.25, 0.3) is 0 Å². The van der Waals surface area contributed by atoms with Crippen molar-refractivity contribution in [2.45, 2.75) is 26.2 Å². The van der Waals surface area contributed by atoms with E-state index in [1.54, 1.807) is 24.5 Å². The maximum atomic E-state index is 12.1. The highest BCUT2D eigenvalue weighted by molar-refractivity contribution is 6.30. The van der Waals surface area contributed by atoms with Gasteiger partial charge in [0.05, 0.1) is 24.5 Å². The molecule has 2 aromatic rings. The molecule has 0 spiro atoms. The van der Waals surface area contributed by atoms with Crippen LogP contribution in [0.2, 0.25) is 5.02 Å². The van der Waals surface area contributed by atoms with Crippen LogP contribution in [0.4, 0.5) is 11.6 Å². The van der Waals surface area contributed by atoms with Gasteiger partial charge in [-0.3, -0.25) is 4.79 Å². The van der Waals surface area contributed by atoms with Gasteiger partial charge in [0.1, 0.15) is 0 Å². The van der Waals surface area contributed by atoms with Gasteiger partial charge in [-0.15, -0.1) is 0 Å². The number of carbonyl (C=O) groups is 1. The van der Waals surface area contributed by atoms with E-state index in [4.69, 9.17) is 11.6 Å². The molecule has 5 nitrogen and oxygen atoms in total. The summed E-state index contributed by atoms with van der Waals surface area (Å²) in [6.07, 6.45) is 5.97. The van der Waals surface area contributed by atoms with Crippen molar-refractivity contribution in [3.05, 3.63) is 47.2 Å². The van der Waals surface area contributed by atoms with Gasteiger partial charge in [0.2, 0.25) is 11.9 Å². The number of hydrogen-bond donors (Lipinski definition) is 1. The summed E-state index contributed by atoms with van der Waals surface area (Å²) >= 11 is 5.84. The van der Waals surface area contributed by atoms with Gasteiger partial charge in [-0.1, -0.05) is 30.7 Å². The van der Waals surface area contributed by atoms with Crippen molar-refractivity contribution in [2.75, 3.05) is 23.3 Å². The molecule has 1 N–H and O–H groups in total. The Labute approximate surface area is 147 Å². The number of anilines is 2. The van der Waals surface area contributed by atoms with Crippen LogP contribution in [0.5, 0.6) is 0 Å². The Balaban J connectivity index is 1.55. The molecular formula is C18H21ClN4O. The first-order chi connectivity index (χ1) is 11.6. The normalized spacial score (nSPS) is 15.3. The van der Waals surface area contributed by atoms with Crippen LogP contribution in [0, 0.1) is 5.92 Å². The van der Waals surface area contributed by atoms with Crippen LogP contribution in [-0.4, -0.2) is 29.0 Å². The highest BCUT2D eigenvalue weighted by Gasteiger charge is 2.17. The van der Waals surface area contributed by atoms with Crippen LogP contribution in [0.1, 0.15) is 25.3 Å². The Hall–Kier alpha value is -2.14. The predicted octanol–water partition coefficient (Wildman–Crippen LogP) is 3.55. The van der Waals surface area contributed by atoms with E-state index in [2.05, 4.69) is 27.1 Å². The third-order valence-electron chi connectivity index (χ3n) is 4.27. The van der Waals surface area contributed by atoms with Gasteiger partial charge < -0.3 is 10.2 Å². The lowest BCUT2D eigenvalue weighted by Gasteiger charge is -2.30. The van der Waals surface area contributed by atoms with Crippen molar-refractivity contribution < 1.29 is 4.79 Å². The summed E-state index contributed by atoms with van der Waals surface area (Å²) in [7, 11) is 0. The number of amides is 1. The van der Waals surface area contributed by atoms with Gasteiger partial charge in [-0.25, -0.2) is 9.97 Å².